The Bertz CT molecular complexity index is 1190. The number of nitrogens with one attached hydrogen (secondary N) is 1. The number of amides is 1. The number of hydrogen-bond acceptors (Lipinski definition) is 7. The molecule has 0 aromatic heterocycles. The molecule has 0 saturated carbocycles. The standard InChI is InChI=1S/C23H19F6NO7/c1-34-17-10-14(11-18(35-2)21(17)36-3)20(32)15(22(24,25)26)9-12-4-6-16(37-23(27,28)29)13(8-12)5-7-19(31)30-33/h4-11,33H,1-3H3,(H,30,31). The van der Waals surface area contributed by atoms with Gasteiger partial charge in [0, 0.05) is 17.2 Å². The number of halogens is 6. The zero-order valence-electron chi connectivity index (χ0n) is 19.3. The molecule has 0 bridgehead atoms. The molecule has 0 aliphatic rings. The average molecular weight is 535 g/mol. The number of Topliss-reactive ketones (excluding diaryl/α,β-unsaturated/α-hetero) is 1. The molecule has 14 heteroatoms. The van der Waals surface area contributed by atoms with Gasteiger partial charge in [-0.05, 0) is 42.0 Å². The minimum atomic E-state index is -5.19. The normalized spacial score (nSPS) is 12.3. The van der Waals surface area contributed by atoms with Gasteiger partial charge in [-0.2, -0.15) is 13.2 Å². The first-order valence-electron chi connectivity index (χ1n) is 9.89. The van der Waals surface area contributed by atoms with Crippen molar-refractivity contribution in [1.82, 2.24) is 5.48 Å². The number of hydroxylamine groups is 1. The van der Waals surface area contributed by atoms with Crippen LogP contribution in [0.5, 0.6) is 23.0 Å². The summed E-state index contributed by atoms with van der Waals surface area (Å²) in [7, 11) is 3.65. The van der Waals surface area contributed by atoms with E-state index in [2.05, 4.69) is 4.74 Å². The molecule has 2 aromatic carbocycles. The summed E-state index contributed by atoms with van der Waals surface area (Å²) in [5.74, 6) is -3.63. The number of ether oxygens (including phenoxy) is 4. The van der Waals surface area contributed by atoms with Gasteiger partial charge >= 0.3 is 12.5 Å². The van der Waals surface area contributed by atoms with Gasteiger partial charge in [-0.15, -0.1) is 13.2 Å². The van der Waals surface area contributed by atoms with E-state index in [-0.39, 0.29) is 22.8 Å². The van der Waals surface area contributed by atoms with Crippen molar-refractivity contribution in [1.29, 1.82) is 0 Å². The number of hydrogen-bond donors (Lipinski definition) is 2. The summed E-state index contributed by atoms with van der Waals surface area (Å²) < 4.78 is 98.9. The summed E-state index contributed by atoms with van der Waals surface area (Å²) in [6, 6.07) is 4.37. The lowest BCUT2D eigenvalue weighted by atomic mass is 9.98. The maximum absolute atomic E-state index is 13.9. The Morgan fingerprint density at radius 2 is 1.49 bits per heavy atom. The molecule has 2 aromatic rings. The summed E-state index contributed by atoms with van der Waals surface area (Å²) in [4.78, 5) is 24.1. The van der Waals surface area contributed by atoms with Gasteiger partial charge in [-0.25, -0.2) is 5.48 Å². The highest BCUT2D eigenvalue weighted by Crippen LogP contribution is 2.40. The number of alkyl halides is 6. The van der Waals surface area contributed by atoms with E-state index >= 15 is 0 Å². The molecule has 37 heavy (non-hydrogen) atoms. The third-order valence-electron chi connectivity index (χ3n) is 4.57. The Labute approximate surface area is 205 Å². The van der Waals surface area contributed by atoms with Crippen LogP contribution in [0, 0.1) is 0 Å². The number of ketones is 1. The molecule has 0 aliphatic heterocycles. The van der Waals surface area contributed by atoms with Crippen LogP contribution in [-0.2, 0) is 4.79 Å². The van der Waals surface area contributed by atoms with Gasteiger partial charge < -0.3 is 18.9 Å². The fraction of sp³-hybridized carbons (Fsp3) is 0.217. The molecule has 200 valence electrons. The molecule has 0 atom stereocenters. The molecule has 0 saturated heterocycles. The van der Waals surface area contributed by atoms with Crippen LogP contribution in [-0.4, -0.2) is 50.8 Å². The quantitative estimate of drug-likeness (QED) is 0.154. The van der Waals surface area contributed by atoms with Crippen LogP contribution >= 0.6 is 0 Å². The van der Waals surface area contributed by atoms with Crippen LogP contribution in [0.2, 0.25) is 0 Å². The number of carbonyl (C=O) groups excluding carboxylic acids is 2. The summed E-state index contributed by atoms with van der Waals surface area (Å²) in [5.41, 5.74) is -1.77. The molecule has 8 nitrogen and oxygen atoms in total. The molecule has 0 radical (unpaired) electrons. The highest BCUT2D eigenvalue weighted by atomic mass is 19.4. The minimum absolute atomic E-state index is 0.0303. The lowest BCUT2D eigenvalue weighted by Crippen LogP contribution is -2.20. The monoisotopic (exact) mass is 535 g/mol. The van der Waals surface area contributed by atoms with Crippen molar-refractivity contribution >= 4 is 23.8 Å². The molecule has 2 rings (SSSR count). The maximum atomic E-state index is 13.9. The van der Waals surface area contributed by atoms with Gasteiger partial charge in [0.15, 0.2) is 17.3 Å². The lowest BCUT2D eigenvalue weighted by Gasteiger charge is -2.16. The predicted molar refractivity (Wildman–Crippen MR) is 117 cm³/mol. The molecule has 2 N–H and O–H groups in total. The SMILES string of the molecule is COc1cc(C(=O)C(=Cc2ccc(OC(F)(F)F)c(C=CC(=O)NO)c2)C(F)(F)F)cc(OC)c1OC. The second kappa shape index (κ2) is 11.7. The Kier molecular flexibility index (Phi) is 9.17. The Morgan fingerprint density at radius 1 is 0.892 bits per heavy atom. The van der Waals surface area contributed by atoms with Gasteiger partial charge in [0.1, 0.15) is 11.3 Å². The average Bonchev–Trinajstić information content (AvgIpc) is 2.83. The smallest absolute Gasteiger partial charge is 0.493 e. The van der Waals surface area contributed by atoms with Gasteiger partial charge in [-0.1, -0.05) is 6.07 Å². The molecule has 0 heterocycles. The van der Waals surface area contributed by atoms with Crippen LogP contribution < -0.4 is 24.4 Å². The molecule has 0 spiro atoms. The fourth-order valence-electron chi connectivity index (χ4n) is 3.02. The second-order valence-corrected chi connectivity index (χ2v) is 6.95. The topological polar surface area (TPSA) is 103 Å². The van der Waals surface area contributed by atoms with Crippen LogP contribution in [0.3, 0.4) is 0 Å². The summed E-state index contributed by atoms with van der Waals surface area (Å²) >= 11 is 0. The van der Waals surface area contributed by atoms with Crippen molar-refractivity contribution in [3.8, 4) is 23.0 Å². The lowest BCUT2D eigenvalue weighted by molar-refractivity contribution is -0.274. The van der Waals surface area contributed by atoms with E-state index in [1.165, 1.54) is 26.8 Å². The minimum Gasteiger partial charge on any atom is -0.493 e. The molecule has 1 amide bonds. The van der Waals surface area contributed by atoms with Crippen molar-refractivity contribution in [3.05, 3.63) is 58.7 Å². The van der Waals surface area contributed by atoms with Crippen LogP contribution in [0.25, 0.3) is 12.2 Å². The highest BCUT2D eigenvalue weighted by Gasteiger charge is 2.39. The first kappa shape index (κ1) is 29.0. The molecular formula is C23H19F6NO7. The second-order valence-electron chi connectivity index (χ2n) is 6.95. The van der Waals surface area contributed by atoms with E-state index in [0.717, 1.165) is 30.3 Å². The summed E-state index contributed by atoms with van der Waals surface area (Å²) in [6.45, 7) is 0. The number of allylic oxidation sites excluding steroid dienone is 1. The number of methoxy groups -OCH3 is 3. The largest absolute Gasteiger partial charge is 0.573 e. The molecular weight excluding hydrogens is 516 g/mol. The van der Waals surface area contributed by atoms with Crippen LogP contribution in [0.4, 0.5) is 26.3 Å². The zero-order chi connectivity index (χ0) is 28.0. The number of rotatable bonds is 9. The van der Waals surface area contributed by atoms with Crippen molar-refractivity contribution in [2.45, 2.75) is 12.5 Å². The van der Waals surface area contributed by atoms with E-state index in [4.69, 9.17) is 19.4 Å². The Morgan fingerprint density at radius 3 is 1.95 bits per heavy atom. The molecule has 0 aliphatic carbocycles. The maximum Gasteiger partial charge on any atom is 0.573 e. The first-order valence-corrected chi connectivity index (χ1v) is 9.89. The van der Waals surface area contributed by atoms with E-state index in [1.807, 2.05) is 0 Å². The Hall–Kier alpha value is -4.20. The number of benzene rings is 2. The molecule has 0 unspecified atom stereocenters. The fourth-order valence-corrected chi connectivity index (χ4v) is 3.02. The van der Waals surface area contributed by atoms with E-state index in [9.17, 15) is 35.9 Å². The van der Waals surface area contributed by atoms with E-state index in [0.29, 0.717) is 18.2 Å². The summed E-state index contributed by atoms with van der Waals surface area (Å²) in [6.07, 6.45) is -8.56. The van der Waals surface area contributed by atoms with Gasteiger partial charge in [0.25, 0.3) is 5.91 Å². The van der Waals surface area contributed by atoms with Crippen LogP contribution in [0.1, 0.15) is 21.5 Å². The van der Waals surface area contributed by atoms with Crippen molar-refractivity contribution < 1.29 is 60.1 Å². The van der Waals surface area contributed by atoms with Gasteiger partial charge in [0.2, 0.25) is 5.75 Å². The van der Waals surface area contributed by atoms with Crippen molar-refractivity contribution in [3.63, 3.8) is 0 Å². The third kappa shape index (κ3) is 7.64. The van der Waals surface area contributed by atoms with Gasteiger partial charge in [-0.3, -0.25) is 14.8 Å². The van der Waals surface area contributed by atoms with Gasteiger partial charge in [0.05, 0.1) is 21.3 Å². The van der Waals surface area contributed by atoms with E-state index in [1.54, 1.807) is 0 Å². The van der Waals surface area contributed by atoms with Crippen LogP contribution in [0.15, 0.2) is 42.0 Å². The Balaban J connectivity index is 2.66. The first-order chi connectivity index (χ1) is 17.2. The highest BCUT2D eigenvalue weighted by molar-refractivity contribution is 6.12. The van der Waals surface area contributed by atoms with Crippen molar-refractivity contribution in [2.75, 3.05) is 21.3 Å². The predicted octanol–water partition coefficient (Wildman–Crippen LogP) is 4.96. The molecule has 0 fully saturated rings. The van der Waals surface area contributed by atoms with E-state index < -0.39 is 46.7 Å². The zero-order valence-corrected chi connectivity index (χ0v) is 19.3. The summed E-state index contributed by atoms with van der Waals surface area (Å²) in [5, 5.41) is 8.55. The number of carbonyl (C=O) groups is 2. The van der Waals surface area contributed by atoms with Crippen molar-refractivity contribution in [2.24, 2.45) is 0 Å². The third-order valence-corrected chi connectivity index (χ3v) is 4.57.